The molecular weight excluding hydrogens is 298 g/mol. The number of nitrogens with one attached hydrogen (secondary N) is 1. The summed E-state index contributed by atoms with van der Waals surface area (Å²) in [6.07, 6.45) is 3.85. The normalized spacial score (nSPS) is 15.4. The Hall–Kier alpha value is -2.36. The Morgan fingerprint density at radius 2 is 1.75 bits per heavy atom. The number of piperidine rings is 1. The SMILES string of the molecule is Cc1cc(C)cc(Nc2ccnc(C(=O)N3CCC(C)CC3)c2)c1. The Morgan fingerprint density at radius 3 is 2.42 bits per heavy atom. The van der Waals surface area contributed by atoms with Crippen LogP contribution in [0.1, 0.15) is 41.4 Å². The van der Waals surface area contributed by atoms with E-state index in [1.807, 2.05) is 17.0 Å². The number of rotatable bonds is 3. The number of hydrogen-bond donors (Lipinski definition) is 1. The minimum absolute atomic E-state index is 0.0333. The van der Waals surface area contributed by atoms with Crippen LogP contribution in [0.4, 0.5) is 11.4 Å². The molecule has 1 aromatic heterocycles. The Bertz CT molecular complexity index is 713. The molecular formula is C20H25N3O. The number of aryl methyl sites for hydroxylation is 2. The number of amides is 1. The van der Waals surface area contributed by atoms with Gasteiger partial charge in [0.25, 0.3) is 5.91 Å². The van der Waals surface area contributed by atoms with Gasteiger partial charge in [-0.2, -0.15) is 0 Å². The molecule has 2 aromatic rings. The molecule has 0 saturated carbocycles. The number of nitrogens with zero attached hydrogens (tertiary/aromatic N) is 2. The zero-order chi connectivity index (χ0) is 17.1. The van der Waals surface area contributed by atoms with Gasteiger partial charge < -0.3 is 10.2 Å². The summed E-state index contributed by atoms with van der Waals surface area (Å²) in [4.78, 5) is 18.9. The standard InChI is InChI=1S/C20H25N3O/c1-14-5-8-23(9-6-14)20(24)19-13-17(4-7-21-19)22-18-11-15(2)10-16(3)12-18/h4,7,10-14H,5-6,8-9H2,1-3H3,(H,21,22). The Labute approximate surface area is 143 Å². The summed E-state index contributed by atoms with van der Waals surface area (Å²) in [7, 11) is 0. The van der Waals surface area contributed by atoms with Crippen molar-refractivity contribution in [3.8, 4) is 0 Å². The molecule has 126 valence electrons. The zero-order valence-electron chi connectivity index (χ0n) is 14.7. The first-order valence-electron chi connectivity index (χ1n) is 8.62. The van der Waals surface area contributed by atoms with E-state index in [0.717, 1.165) is 37.3 Å². The largest absolute Gasteiger partial charge is 0.355 e. The van der Waals surface area contributed by atoms with E-state index in [9.17, 15) is 4.79 Å². The van der Waals surface area contributed by atoms with Crippen molar-refractivity contribution >= 4 is 17.3 Å². The third-order valence-electron chi connectivity index (χ3n) is 4.56. The average molecular weight is 323 g/mol. The van der Waals surface area contributed by atoms with Crippen LogP contribution in [0, 0.1) is 19.8 Å². The van der Waals surface area contributed by atoms with Crippen LogP contribution in [0.25, 0.3) is 0 Å². The van der Waals surface area contributed by atoms with Gasteiger partial charge in [-0.25, -0.2) is 0 Å². The van der Waals surface area contributed by atoms with Gasteiger partial charge in [0, 0.05) is 30.7 Å². The second kappa shape index (κ2) is 7.04. The molecule has 0 radical (unpaired) electrons. The molecule has 24 heavy (non-hydrogen) atoms. The van der Waals surface area contributed by atoms with Crippen LogP contribution in [0.3, 0.4) is 0 Å². The number of likely N-dealkylation sites (tertiary alicyclic amines) is 1. The number of carbonyl (C=O) groups is 1. The molecule has 4 heteroatoms. The minimum atomic E-state index is 0.0333. The van der Waals surface area contributed by atoms with Crippen molar-refractivity contribution in [1.82, 2.24) is 9.88 Å². The summed E-state index contributed by atoms with van der Waals surface area (Å²) in [5.74, 6) is 0.741. The summed E-state index contributed by atoms with van der Waals surface area (Å²) in [5.41, 5.74) is 4.86. The van der Waals surface area contributed by atoms with Gasteiger partial charge in [-0.15, -0.1) is 0 Å². The summed E-state index contributed by atoms with van der Waals surface area (Å²) < 4.78 is 0. The Morgan fingerprint density at radius 1 is 1.08 bits per heavy atom. The second-order valence-electron chi connectivity index (χ2n) is 6.91. The lowest BCUT2D eigenvalue weighted by Gasteiger charge is -2.30. The number of aromatic nitrogens is 1. The summed E-state index contributed by atoms with van der Waals surface area (Å²) in [6.45, 7) is 8.06. The van der Waals surface area contributed by atoms with E-state index in [2.05, 4.69) is 49.3 Å². The molecule has 0 bridgehead atoms. The number of anilines is 2. The van der Waals surface area contributed by atoms with Crippen molar-refractivity contribution in [2.45, 2.75) is 33.6 Å². The van der Waals surface area contributed by atoms with E-state index >= 15 is 0 Å². The highest BCUT2D eigenvalue weighted by Crippen LogP contribution is 2.22. The average Bonchev–Trinajstić information content (AvgIpc) is 2.54. The monoisotopic (exact) mass is 323 g/mol. The highest BCUT2D eigenvalue weighted by atomic mass is 16.2. The number of hydrogen-bond acceptors (Lipinski definition) is 3. The van der Waals surface area contributed by atoms with Crippen molar-refractivity contribution in [3.63, 3.8) is 0 Å². The number of carbonyl (C=O) groups excluding carboxylic acids is 1. The topological polar surface area (TPSA) is 45.2 Å². The molecule has 3 rings (SSSR count). The van der Waals surface area contributed by atoms with Gasteiger partial charge in [-0.05, 0) is 68.0 Å². The van der Waals surface area contributed by atoms with E-state index in [1.165, 1.54) is 11.1 Å². The lowest BCUT2D eigenvalue weighted by Crippen LogP contribution is -2.38. The minimum Gasteiger partial charge on any atom is -0.355 e. The second-order valence-corrected chi connectivity index (χ2v) is 6.91. The third-order valence-corrected chi connectivity index (χ3v) is 4.56. The van der Waals surface area contributed by atoms with E-state index < -0.39 is 0 Å². The van der Waals surface area contributed by atoms with Crippen LogP contribution >= 0.6 is 0 Å². The van der Waals surface area contributed by atoms with Crippen LogP contribution in [0.15, 0.2) is 36.5 Å². The summed E-state index contributed by atoms with van der Waals surface area (Å²) in [5, 5.41) is 3.38. The quantitative estimate of drug-likeness (QED) is 0.915. The zero-order valence-corrected chi connectivity index (χ0v) is 14.7. The van der Waals surface area contributed by atoms with E-state index in [0.29, 0.717) is 11.6 Å². The van der Waals surface area contributed by atoms with Crippen molar-refractivity contribution in [2.24, 2.45) is 5.92 Å². The van der Waals surface area contributed by atoms with Gasteiger partial charge in [0.2, 0.25) is 0 Å². The lowest BCUT2D eigenvalue weighted by molar-refractivity contribution is 0.0691. The molecule has 1 aliphatic heterocycles. The summed E-state index contributed by atoms with van der Waals surface area (Å²) >= 11 is 0. The fourth-order valence-corrected chi connectivity index (χ4v) is 3.21. The van der Waals surface area contributed by atoms with Gasteiger partial charge in [0.1, 0.15) is 5.69 Å². The number of pyridine rings is 1. The maximum Gasteiger partial charge on any atom is 0.272 e. The van der Waals surface area contributed by atoms with Crippen LogP contribution in [-0.4, -0.2) is 28.9 Å². The van der Waals surface area contributed by atoms with Crippen LogP contribution in [0.2, 0.25) is 0 Å². The first kappa shape index (κ1) is 16.5. The smallest absolute Gasteiger partial charge is 0.272 e. The molecule has 0 spiro atoms. The van der Waals surface area contributed by atoms with Crippen molar-refractivity contribution in [1.29, 1.82) is 0 Å². The van der Waals surface area contributed by atoms with Gasteiger partial charge in [-0.1, -0.05) is 13.0 Å². The molecule has 1 fully saturated rings. The molecule has 0 unspecified atom stereocenters. The fourth-order valence-electron chi connectivity index (χ4n) is 3.21. The lowest BCUT2D eigenvalue weighted by atomic mass is 9.99. The predicted molar refractivity (Wildman–Crippen MR) is 97.7 cm³/mol. The van der Waals surface area contributed by atoms with E-state index in [4.69, 9.17) is 0 Å². The first-order chi connectivity index (χ1) is 11.5. The van der Waals surface area contributed by atoms with E-state index in [-0.39, 0.29) is 5.91 Å². The third kappa shape index (κ3) is 3.94. The van der Waals surface area contributed by atoms with E-state index in [1.54, 1.807) is 6.20 Å². The van der Waals surface area contributed by atoms with Crippen LogP contribution in [0.5, 0.6) is 0 Å². The van der Waals surface area contributed by atoms with Crippen LogP contribution in [-0.2, 0) is 0 Å². The molecule has 1 amide bonds. The van der Waals surface area contributed by atoms with Gasteiger partial charge >= 0.3 is 0 Å². The Balaban J connectivity index is 1.75. The van der Waals surface area contributed by atoms with Crippen molar-refractivity contribution < 1.29 is 4.79 Å². The fraction of sp³-hybridized carbons (Fsp3) is 0.400. The molecule has 0 aliphatic carbocycles. The molecule has 2 heterocycles. The first-order valence-corrected chi connectivity index (χ1v) is 8.62. The molecule has 1 aliphatic rings. The number of benzene rings is 1. The molecule has 4 nitrogen and oxygen atoms in total. The highest BCUT2D eigenvalue weighted by Gasteiger charge is 2.22. The highest BCUT2D eigenvalue weighted by molar-refractivity contribution is 5.93. The predicted octanol–water partition coefficient (Wildman–Crippen LogP) is 4.31. The van der Waals surface area contributed by atoms with Gasteiger partial charge in [0.05, 0.1) is 0 Å². The Kier molecular flexibility index (Phi) is 4.84. The molecule has 1 N–H and O–H groups in total. The molecule has 0 atom stereocenters. The van der Waals surface area contributed by atoms with Crippen molar-refractivity contribution in [3.05, 3.63) is 53.3 Å². The van der Waals surface area contributed by atoms with Gasteiger partial charge in [-0.3, -0.25) is 9.78 Å². The van der Waals surface area contributed by atoms with Gasteiger partial charge in [0.15, 0.2) is 0 Å². The maximum atomic E-state index is 12.7. The summed E-state index contributed by atoms with van der Waals surface area (Å²) in [6, 6.07) is 10.1. The van der Waals surface area contributed by atoms with Crippen LogP contribution < -0.4 is 5.32 Å². The molecule has 1 aromatic carbocycles. The maximum absolute atomic E-state index is 12.7. The molecule has 1 saturated heterocycles. The van der Waals surface area contributed by atoms with Crippen molar-refractivity contribution in [2.75, 3.05) is 18.4 Å².